The van der Waals surface area contributed by atoms with Crippen LogP contribution in [0.25, 0.3) is 29.2 Å². The minimum Gasteiger partial charge on any atom is -0.381 e. The summed E-state index contributed by atoms with van der Waals surface area (Å²) in [5.41, 5.74) is 6.40. The van der Waals surface area contributed by atoms with Gasteiger partial charge in [0.25, 0.3) is 0 Å². The number of halogens is 1. The highest BCUT2D eigenvalue weighted by Gasteiger charge is 2.17. The molecular formula is C30H40ClN3O. The van der Waals surface area contributed by atoms with Crippen LogP contribution in [0.5, 0.6) is 0 Å². The average Bonchev–Trinajstić information content (AvgIpc) is 3.23. The summed E-state index contributed by atoms with van der Waals surface area (Å²) >= 11 is 6.13. The average molecular weight is 494 g/mol. The van der Waals surface area contributed by atoms with Crippen molar-refractivity contribution < 1.29 is 4.74 Å². The topological polar surface area (TPSA) is 39.9 Å². The smallest absolute Gasteiger partial charge is 0.147 e. The van der Waals surface area contributed by atoms with Gasteiger partial charge >= 0.3 is 0 Å². The summed E-state index contributed by atoms with van der Waals surface area (Å²) in [6, 6.07) is 12.0. The first-order valence-corrected chi connectivity index (χ1v) is 13.1. The molecule has 4 nitrogen and oxygen atoms in total. The summed E-state index contributed by atoms with van der Waals surface area (Å²) in [6.45, 7) is 14.5. The number of ether oxygens (including phenoxy) is 1. The quantitative estimate of drug-likeness (QED) is 0.265. The first-order valence-electron chi connectivity index (χ1n) is 12.7. The van der Waals surface area contributed by atoms with E-state index in [0.717, 1.165) is 78.1 Å². The third-order valence-corrected chi connectivity index (χ3v) is 5.69. The van der Waals surface area contributed by atoms with Crippen LogP contribution in [-0.4, -0.2) is 27.7 Å². The molecule has 2 aromatic heterocycles. The molecule has 188 valence electrons. The molecule has 0 saturated carbocycles. The Balaban J connectivity index is 0.000000540. The first-order chi connectivity index (χ1) is 17.0. The number of aryl methyl sites for hydroxylation is 1. The number of aromatic nitrogens is 3. The molecule has 1 aromatic carbocycles. The highest BCUT2D eigenvalue weighted by molar-refractivity contribution is 6.30. The van der Waals surface area contributed by atoms with Crippen molar-refractivity contribution in [2.75, 3.05) is 13.2 Å². The summed E-state index contributed by atoms with van der Waals surface area (Å²) < 4.78 is 7.32. The number of pyridine rings is 1. The van der Waals surface area contributed by atoms with Gasteiger partial charge in [-0.2, -0.15) is 0 Å². The Morgan fingerprint density at radius 2 is 1.69 bits per heavy atom. The predicted octanol–water partition coefficient (Wildman–Crippen LogP) is 8.82. The Morgan fingerprint density at radius 3 is 2.20 bits per heavy atom. The Bertz CT molecular complexity index is 1080. The molecule has 0 amide bonds. The zero-order valence-electron chi connectivity index (χ0n) is 22.1. The number of hydrogen-bond acceptors (Lipinski definition) is 3. The molecule has 2 heterocycles. The fourth-order valence-electron chi connectivity index (χ4n) is 3.41. The van der Waals surface area contributed by atoms with Crippen LogP contribution in [0.15, 0.2) is 54.2 Å². The van der Waals surface area contributed by atoms with Crippen LogP contribution in [0.3, 0.4) is 0 Å². The normalized spacial score (nSPS) is 11.6. The SMILES string of the molecule is C/C=C\c1nc(-c2ccc(CC)nc2)n(-c2ccc(Cl)cc2)c1/C=C(/C)CC.CCCOCCC. The maximum absolute atomic E-state index is 6.13. The van der Waals surface area contributed by atoms with Crippen molar-refractivity contribution in [3.63, 3.8) is 0 Å². The van der Waals surface area contributed by atoms with Crippen molar-refractivity contribution in [1.29, 1.82) is 0 Å². The molecule has 0 N–H and O–H groups in total. The van der Waals surface area contributed by atoms with E-state index in [2.05, 4.69) is 68.5 Å². The molecule has 0 unspecified atom stereocenters. The molecule has 0 aliphatic heterocycles. The standard InChI is InChI=1S/C24H26ClN3.C6H14O/c1-5-8-22-23(15-17(4)6-2)28(21-13-10-19(25)11-14-21)24(27-22)18-9-12-20(7-3)26-16-18;1-3-5-7-6-4-2/h5,8-16H,6-7H2,1-4H3;3-6H2,1-2H3/b8-5-,17-15-;. The van der Waals surface area contributed by atoms with Gasteiger partial charge in [-0.15, -0.1) is 0 Å². The maximum atomic E-state index is 6.13. The molecule has 0 bridgehead atoms. The van der Waals surface area contributed by atoms with E-state index in [0.29, 0.717) is 0 Å². The number of benzene rings is 1. The second kappa shape index (κ2) is 15.3. The van der Waals surface area contributed by atoms with Crippen LogP contribution in [0, 0.1) is 0 Å². The number of imidazole rings is 1. The van der Waals surface area contributed by atoms with E-state index in [1.165, 1.54) is 5.57 Å². The fourth-order valence-corrected chi connectivity index (χ4v) is 3.53. The predicted molar refractivity (Wildman–Crippen MR) is 151 cm³/mol. The fraction of sp³-hybridized carbons (Fsp3) is 0.400. The molecule has 0 fully saturated rings. The van der Waals surface area contributed by atoms with Crippen molar-refractivity contribution in [3.05, 3.63) is 76.3 Å². The van der Waals surface area contributed by atoms with Gasteiger partial charge in [0.1, 0.15) is 5.82 Å². The summed E-state index contributed by atoms with van der Waals surface area (Å²) in [6.07, 6.45) is 12.4. The molecule has 0 aliphatic carbocycles. The van der Waals surface area contributed by atoms with E-state index in [9.17, 15) is 0 Å². The largest absolute Gasteiger partial charge is 0.381 e. The Labute approximate surface area is 216 Å². The van der Waals surface area contributed by atoms with Crippen LogP contribution in [0.1, 0.15) is 77.9 Å². The lowest BCUT2D eigenvalue weighted by molar-refractivity contribution is 0.135. The minimum absolute atomic E-state index is 0.717. The lowest BCUT2D eigenvalue weighted by Gasteiger charge is -2.12. The summed E-state index contributed by atoms with van der Waals surface area (Å²) in [4.78, 5) is 9.55. The number of hydrogen-bond donors (Lipinski definition) is 0. The molecule has 5 heteroatoms. The van der Waals surface area contributed by atoms with Crippen molar-refractivity contribution in [1.82, 2.24) is 14.5 Å². The van der Waals surface area contributed by atoms with E-state index < -0.39 is 0 Å². The monoisotopic (exact) mass is 493 g/mol. The Hall–Kier alpha value is -2.69. The highest BCUT2D eigenvalue weighted by atomic mass is 35.5. The van der Waals surface area contributed by atoms with Crippen molar-refractivity contribution in [2.24, 2.45) is 0 Å². The molecule has 0 radical (unpaired) electrons. The van der Waals surface area contributed by atoms with Gasteiger partial charge in [-0.3, -0.25) is 9.55 Å². The lowest BCUT2D eigenvalue weighted by atomic mass is 10.1. The van der Waals surface area contributed by atoms with Crippen LogP contribution < -0.4 is 0 Å². The zero-order chi connectivity index (χ0) is 25.6. The number of allylic oxidation sites excluding steroid dienone is 2. The van der Waals surface area contributed by atoms with E-state index in [4.69, 9.17) is 21.3 Å². The molecule has 3 aromatic rings. The maximum Gasteiger partial charge on any atom is 0.147 e. The van der Waals surface area contributed by atoms with Gasteiger partial charge in [0.2, 0.25) is 0 Å². The Kier molecular flexibility index (Phi) is 12.5. The summed E-state index contributed by atoms with van der Waals surface area (Å²) in [5, 5.41) is 0.717. The van der Waals surface area contributed by atoms with Crippen LogP contribution >= 0.6 is 11.6 Å². The van der Waals surface area contributed by atoms with E-state index in [1.807, 2.05) is 43.5 Å². The second-order valence-corrected chi connectivity index (χ2v) is 8.80. The molecular weight excluding hydrogens is 454 g/mol. The highest BCUT2D eigenvalue weighted by Crippen LogP contribution is 2.30. The van der Waals surface area contributed by atoms with E-state index in [-0.39, 0.29) is 0 Å². The van der Waals surface area contributed by atoms with E-state index >= 15 is 0 Å². The summed E-state index contributed by atoms with van der Waals surface area (Å²) in [5.74, 6) is 0.876. The van der Waals surface area contributed by atoms with Crippen molar-refractivity contribution in [3.8, 4) is 17.1 Å². The minimum atomic E-state index is 0.717. The molecule has 3 rings (SSSR count). The zero-order valence-corrected chi connectivity index (χ0v) is 22.9. The third-order valence-electron chi connectivity index (χ3n) is 5.43. The van der Waals surface area contributed by atoms with Gasteiger partial charge in [0, 0.05) is 41.4 Å². The number of nitrogens with zero attached hydrogens (tertiary/aromatic N) is 3. The van der Waals surface area contributed by atoms with Gasteiger partial charge < -0.3 is 4.74 Å². The van der Waals surface area contributed by atoms with Crippen LogP contribution in [0.4, 0.5) is 0 Å². The van der Waals surface area contributed by atoms with Gasteiger partial charge in [0.15, 0.2) is 0 Å². The van der Waals surface area contributed by atoms with Gasteiger partial charge in [-0.1, -0.05) is 50.9 Å². The molecule has 0 aliphatic rings. The number of rotatable bonds is 10. The van der Waals surface area contributed by atoms with Crippen LogP contribution in [-0.2, 0) is 11.2 Å². The van der Waals surface area contributed by atoms with Gasteiger partial charge in [-0.05, 0) is 88.1 Å². The van der Waals surface area contributed by atoms with Crippen molar-refractivity contribution >= 4 is 23.8 Å². The first kappa shape index (κ1) is 28.5. The lowest BCUT2D eigenvalue weighted by Crippen LogP contribution is -2.01. The molecule has 0 atom stereocenters. The summed E-state index contributed by atoms with van der Waals surface area (Å²) in [7, 11) is 0. The molecule has 35 heavy (non-hydrogen) atoms. The van der Waals surface area contributed by atoms with Crippen LogP contribution in [0.2, 0.25) is 5.02 Å². The van der Waals surface area contributed by atoms with Gasteiger partial charge in [-0.25, -0.2) is 4.98 Å². The third kappa shape index (κ3) is 8.48. The molecule has 0 saturated heterocycles. The van der Waals surface area contributed by atoms with Crippen molar-refractivity contribution in [2.45, 2.75) is 67.2 Å². The van der Waals surface area contributed by atoms with Gasteiger partial charge in [0.05, 0.1) is 11.4 Å². The second-order valence-electron chi connectivity index (χ2n) is 8.37. The van der Waals surface area contributed by atoms with E-state index in [1.54, 1.807) is 0 Å². The Morgan fingerprint density at radius 1 is 1.00 bits per heavy atom. The molecule has 0 spiro atoms.